The maximum Gasteiger partial charge on any atom is 0.224 e. The van der Waals surface area contributed by atoms with Crippen LogP contribution in [0.3, 0.4) is 0 Å². The van der Waals surface area contributed by atoms with E-state index in [0.717, 1.165) is 11.1 Å². The Morgan fingerprint density at radius 1 is 1.03 bits per heavy atom. The molecule has 0 saturated heterocycles. The number of carbonyl (C=O) groups is 2. The number of amides is 2. The summed E-state index contributed by atoms with van der Waals surface area (Å²) in [6.45, 7) is 4.32. The van der Waals surface area contributed by atoms with Crippen molar-refractivity contribution in [1.29, 1.82) is 0 Å². The number of aliphatic hydroxyl groups is 2. The number of hydrogen-bond acceptors (Lipinski definition) is 5. The second-order valence-electron chi connectivity index (χ2n) is 7.84. The van der Waals surface area contributed by atoms with Gasteiger partial charge in [-0.1, -0.05) is 66.7 Å². The summed E-state index contributed by atoms with van der Waals surface area (Å²) in [4.78, 5) is 27.3. The van der Waals surface area contributed by atoms with Gasteiger partial charge in [-0.3, -0.25) is 9.59 Å². The molecule has 0 unspecified atom stereocenters. The molecule has 33 heavy (non-hydrogen) atoms. The molecule has 7 nitrogen and oxygen atoms in total. The van der Waals surface area contributed by atoms with Crippen LogP contribution >= 0.6 is 0 Å². The van der Waals surface area contributed by atoms with E-state index in [0.29, 0.717) is 19.6 Å². The summed E-state index contributed by atoms with van der Waals surface area (Å²) >= 11 is 0. The van der Waals surface area contributed by atoms with Gasteiger partial charge in [0.15, 0.2) is 0 Å². The van der Waals surface area contributed by atoms with Gasteiger partial charge in [0.2, 0.25) is 11.8 Å². The molecule has 2 aromatic carbocycles. The third-order valence-electron chi connectivity index (χ3n) is 5.18. The first kappa shape index (κ1) is 26.3. The van der Waals surface area contributed by atoms with Crippen LogP contribution in [0, 0.1) is 5.92 Å². The quantitative estimate of drug-likeness (QED) is 0.359. The minimum atomic E-state index is -0.630. The zero-order chi connectivity index (χ0) is 23.9. The smallest absolute Gasteiger partial charge is 0.224 e. The number of ether oxygens (including phenoxy) is 1. The van der Waals surface area contributed by atoms with Crippen molar-refractivity contribution >= 4 is 11.8 Å². The highest BCUT2D eigenvalue weighted by Gasteiger charge is 2.25. The highest BCUT2D eigenvalue weighted by molar-refractivity contribution is 5.86. The second kappa shape index (κ2) is 14.9. The lowest BCUT2D eigenvalue weighted by molar-refractivity contribution is -0.137. The van der Waals surface area contributed by atoms with E-state index in [1.807, 2.05) is 60.7 Å². The van der Waals surface area contributed by atoms with Gasteiger partial charge in [-0.15, -0.1) is 6.58 Å². The Morgan fingerprint density at radius 3 is 2.24 bits per heavy atom. The van der Waals surface area contributed by atoms with E-state index >= 15 is 0 Å². The van der Waals surface area contributed by atoms with Gasteiger partial charge in [0.25, 0.3) is 0 Å². The van der Waals surface area contributed by atoms with Crippen molar-refractivity contribution in [2.24, 2.45) is 5.92 Å². The summed E-state index contributed by atoms with van der Waals surface area (Å²) in [6.07, 6.45) is 1.90. The van der Waals surface area contributed by atoms with Gasteiger partial charge in [-0.25, -0.2) is 0 Å². The SMILES string of the molecule is C=CC[C@@H](CC(=O)N(CCO)Cc1ccccc1)C(=O)N[C@H](CO)COCc1ccccc1. The Balaban J connectivity index is 1.92. The fourth-order valence-electron chi connectivity index (χ4n) is 3.39. The summed E-state index contributed by atoms with van der Waals surface area (Å²) in [6, 6.07) is 18.5. The Bertz CT molecular complexity index is 844. The summed E-state index contributed by atoms with van der Waals surface area (Å²) in [5, 5.41) is 21.8. The number of benzene rings is 2. The van der Waals surface area contributed by atoms with Gasteiger partial charge in [0, 0.05) is 19.5 Å². The van der Waals surface area contributed by atoms with Gasteiger partial charge in [-0.2, -0.15) is 0 Å². The molecule has 0 saturated carbocycles. The summed E-state index contributed by atoms with van der Waals surface area (Å²) in [5.74, 6) is -1.19. The van der Waals surface area contributed by atoms with E-state index in [2.05, 4.69) is 11.9 Å². The molecule has 2 aromatic rings. The molecule has 2 rings (SSSR count). The molecule has 0 fully saturated rings. The Labute approximate surface area is 195 Å². The Morgan fingerprint density at radius 2 is 1.67 bits per heavy atom. The lowest BCUT2D eigenvalue weighted by atomic mass is 9.98. The van der Waals surface area contributed by atoms with Crippen molar-refractivity contribution < 1.29 is 24.5 Å². The van der Waals surface area contributed by atoms with Gasteiger partial charge < -0.3 is 25.2 Å². The minimum Gasteiger partial charge on any atom is -0.395 e. The first-order valence-corrected chi connectivity index (χ1v) is 11.1. The molecule has 178 valence electrons. The summed E-state index contributed by atoms with van der Waals surface area (Å²) in [5.41, 5.74) is 1.94. The molecule has 0 aliphatic carbocycles. The molecule has 7 heteroatoms. The van der Waals surface area contributed by atoms with Crippen LogP contribution in [0.25, 0.3) is 0 Å². The number of hydrogen-bond donors (Lipinski definition) is 3. The topological polar surface area (TPSA) is 99.1 Å². The van der Waals surface area contributed by atoms with Crippen LogP contribution < -0.4 is 5.32 Å². The van der Waals surface area contributed by atoms with Crippen molar-refractivity contribution in [2.75, 3.05) is 26.4 Å². The van der Waals surface area contributed by atoms with Crippen LogP contribution in [-0.4, -0.2) is 59.3 Å². The molecule has 0 aliphatic heterocycles. The van der Waals surface area contributed by atoms with E-state index in [-0.39, 0.29) is 44.6 Å². The second-order valence-corrected chi connectivity index (χ2v) is 7.84. The van der Waals surface area contributed by atoms with Gasteiger partial charge in [-0.05, 0) is 17.5 Å². The molecule has 0 bridgehead atoms. The zero-order valence-corrected chi connectivity index (χ0v) is 18.9. The molecular formula is C26H34N2O5. The van der Waals surface area contributed by atoms with Crippen molar-refractivity contribution in [2.45, 2.75) is 32.0 Å². The Kier molecular flexibility index (Phi) is 11.9. The Hall–Kier alpha value is -3.00. The number of carbonyl (C=O) groups excluding carboxylic acids is 2. The maximum absolute atomic E-state index is 12.9. The van der Waals surface area contributed by atoms with Crippen LogP contribution in [0.15, 0.2) is 73.3 Å². The van der Waals surface area contributed by atoms with Crippen LogP contribution in [0.4, 0.5) is 0 Å². The summed E-state index contributed by atoms with van der Waals surface area (Å²) in [7, 11) is 0. The first-order valence-electron chi connectivity index (χ1n) is 11.1. The zero-order valence-electron chi connectivity index (χ0n) is 18.9. The minimum absolute atomic E-state index is 0.0201. The molecule has 0 radical (unpaired) electrons. The largest absolute Gasteiger partial charge is 0.395 e. The molecule has 0 spiro atoms. The molecule has 2 atom stereocenters. The fourth-order valence-corrected chi connectivity index (χ4v) is 3.39. The van der Waals surface area contributed by atoms with Crippen LogP contribution in [-0.2, 0) is 27.5 Å². The van der Waals surface area contributed by atoms with E-state index in [4.69, 9.17) is 4.74 Å². The molecule has 0 aliphatic rings. The van der Waals surface area contributed by atoms with Gasteiger partial charge in [0.05, 0.1) is 38.4 Å². The van der Waals surface area contributed by atoms with E-state index in [9.17, 15) is 19.8 Å². The highest BCUT2D eigenvalue weighted by Crippen LogP contribution is 2.15. The predicted molar refractivity (Wildman–Crippen MR) is 127 cm³/mol. The average molecular weight is 455 g/mol. The first-order chi connectivity index (χ1) is 16.1. The van der Waals surface area contributed by atoms with Gasteiger partial charge in [0.1, 0.15) is 0 Å². The lowest BCUT2D eigenvalue weighted by Gasteiger charge is -2.25. The van der Waals surface area contributed by atoms with E-state index in [1.54, 1.807) is 11.0 Å². The predicted octanol–water partition coefficient (Wildman–Crippen LogP) is 2.28. The van der Waals surface area contributed by atoms with E-state index < -0.39 is 12.0 Å². The van der Waals surface area contributed by atoms with Crippen LogP contribution in [0.1, 0.15) is 24.0 Å². The third kappa shape index (κ3) is 9.57. The third-order valence-corrected chi connectivity index (χ3v) is 5.18. The van der Waals surface area contributed by atoms with Crippen molar-refractivity contribution in [3.63, 3.8) is 0 Å². The monoisotopic (exact) mass is 454 g/mol. The van der Waals surface area contributed by atoms with Gasteiger partial charge >= 0.3 is 0 Å². The molecule has 3 N–H and O–H groups in total. The van der Waals surface area contributed by atoms with E-state index in [1.165, 1.54) is 0 Å². The van der Waals surface area contributed by atoms with Crippen LogP contribution in [0.2, 0.25) is 0 Å². The number of rotatable bonds is 15. The number of allylic oxidation sites excluding steroid dienone is 1. The molecule has 0 aromatic heterocycles. The molecule has 2 amide bonds. The normalized spacial score (nSPS) is 12.5. The highest BCUT2D eigenvalue weighted by atomic mass is 16.5. The molecular weight excluding hydrogens is 420 g/mol. The number of nitrogens with zero attached hydrogens (tertiary/aromatic N) is 1. The maximum atomic E-state index is 12.9. The number of nitrogens with one attached hydrogen (secondary N) is 1. The number of aliphatic hydroxyl groups excluding tert-OH is 2. The fraction of sp³-hybridized carbons (Fsp3) is 0.385. The standard InChI is InChI=1S/C26H34N2O5/c1-2-9-23(16-25(31)28(14-15-29)17-21-10-5-3-6-11-21)26(32)27-24(18-30)20-33-19-22-12-7-4-8-13-22/h2-8,10-13,23-24,29-30H,1,9,14-20H2,(H,27,32)/t23-,24+/m0/s1. The molecule has 0 heterocycles. The van der Waals surface area contributed by atoms with Crippen molar-refractivity contribution in [1.82, 2.24) is 10.2 Å². The van der Waals surface area contributed by atoms with Crippen molar-refractivity contribution in [3.8, 4) is 0 Å². The van der Waals surface area contributed by atoms with Crippen LogP contribution in [0.5, 0.6) is 0 Å². The van der Waals surface area contributed by atoms with Crippen molar-refractivity contribution in [3.05, 3.63) is 84.4 Å². The summed E-state index contributed by atoms with van der Waals surface area (Å²) < 4.78 is 5.63. The lowest BCUT2D eigenvalue weighted by Crippen LogP contribution is -2.45. The average Bonchev–Trinajstić information content (AvgIpc) is 2.84.